The lowest BCUT2D eigenvalue weighted by molar-refractivity contribution is -0.151. The third-order valence-electron chi connectivity index (χ3n) is 10.7. The summed E-state index contributed by atoms with van der Waals surface area (Å²) in [5.41, 5.74) is 2.86. The van der Waals surface area contributed by atoms with Gasteiger partial charge in [0.25, 0.3) is 0 Å². The molecule has 10 heteroatoms. The molecule has 1 spiro atoms. The fourth-order valence-corrected chi connectivity index (χ4v) is 8.43. The largest absolute Gasteiger partial charge is 0.508 e. The molecule has 6 heterocycles. The van der Waals surface area contributed by atoms with E-state index in [4.69, 9.17) is 24.4 Å². The number of aryl methyl sites for hydroxylation is 2. The number of rotatable bonds is 6. The van der Waals surface area contributed by atoms with E-state index in [2.05, 4.69) is 9.80 Å². The van der Waals surface area contributed by atoms with Crippen LogP contribution in [0.3, 0.4) is 0 Å². The van der Waals surface area contributed by atoms with Gasteiger partial charge < -0.3 is 19.5 Å². The number of hydrogen-bond donors (Lipinski definition) is 1. The number of phenolic OH excluding ortho intramolecular Hbond substituents is 1. The molecule has 0 bridgehead atoms. The first-order valence-electron chi connectivity index (χ1n) is 16.3. The second-order valence-corrected chi connectivity index (χ2v) is 13.5. The molecule has 3 atom stereocenters. The number of aromatic nitrogens is 3. The molecular weight excluding hydrogens is 576 g/mol. The van der Waals surface area contributed by atoms with E-state index in [1.807, 2.05) is 13.8 Å². The van der Waals surface area contributed by atoms with E-state index >= 15 is 4.39 Å². The summed E-state index contributed by atoms with van der Waals surface area (Å²) in [5.74, 6) is 0.557. The van der Waals surface area contributed by atoms with Crippen molar-refractivity contribution in [3.05, 3.63) is 47.4 Å². The van der Waals surface area contributed by atoms with E-state index < -0.39 is 6.17 Å². The van der Waals surface area contributed by atoms with Crippen molar-refractivity contribution in [3.63, 3.8) is 0 Å². The first-order chi connectivity index (χ1) is 21.8. The topological polar surface area (TPSA) is 83.8 Å². The molecule has 0 radical (unpaired) electrons. The van der Waals surface area contributed by atoms with Crippen molar-refractivity contribution in [3.8, 4) is 23.0 Å². The maximum absolute atomic E-state index is 15.0. The summed E-state index contributed by atoms with van der Waals surface area (Å²) in [5, 5.41) is 13.0. The molecule has 45 heavy (non-hydrogen) atoms. The fourth-order valence-electron chi connectivity index (χ4n) is 8.43. The number of phenols is 1. The number of halogens is 2. The summed E-state index contributed by atoms with van der Waals surface area (Å²) in [6, 6.07) is 6.72. The molecule has 236 valence electrons. The first kappa shape index (κ1) is 28.8. The number of piperidine rings is 1. The summed E-state index contributed by atoms with van der Waals surface area (Å²) in [7, 11) is 0. The molecule has 2 aromatic carbocycles. The number of ether oxygens (including phenoxy) is 2. The molecular formula is C35H39F2N5O3. The number of anilines is 1. The van der Waals surface area contributed by atoms with Gasteiger partial charge in [-0.25, -0.2) is 8.78 Å². The van der Waals surface area contributed by atoms with Gasteiger partial charge in [0.15, 0.2) is 0 Å². The minimum atomic E-state index is -0.847. The van der Waals surface area contributed by atoms with Gasteiger partial charge in [-0.15, -0.1) is 0 Å². The van der Waals surface area contributed by atoms with Gasteiger partial charge in [0.2, 0.25) is 0 Å². The first-order valence-corrected chi connectivity index (χ1v) is 16.3. The minimum absolute atomic E-state index is 0.0853. The van der Waals surface area contributed by atoms with Crippen LogP contribution in [0.2, 0.25) is 0 Å². The van der Waals surface area contributed by atoms with E-state index in [0.29, 0.717) is 48.3 Å². The quantitative estimate of drug-likeness (QED) is 0.272. The summed E-state index contributed by atoms with van der Waals surface area (Å²) in [6.07, 6.45) is 6.88. The van der Waals surface area contributed by atoms with Crippen molar-refractivity contribution >= 4 is 27.5 Å². The van der Waals surface area contributed by atoms with E-state index in [0.717, 1.165) is 85.9 Å². The van der Waals surface area contributed by atoms with E-state index in [1.165, 1.54) is 6.07 Å². The van der Waals surface area contributed by atoms with Crippen LogP contribution >= 0.6 is 0 Å². The molecule has 0 amide bonds. The predicted molar refractivity (Wildman–Crippen MR) is 169 cm³/mol. The number of fused-ring (bicyclic) bond motifs is 3. The zero-order valence-corrected chi connectivity index (χ0v) is 25.9. The van der Waals surface area contributed by atoms with Gasteiger partial charge in [0.1, 0.15) is 30.2 Å². The van der Waals surface area contributed by atoms with Crippen LogP contribution in [-0.4, -0.2) is 81.7 Å². The molecule has 4 saturated heterocycles. The monoisotopic (exact) mass is 615 g/mol. The van der Waals surface area contributed by atoms with E-state index in [1.54, 1.807) is 24.4 Å². The van der Waals surface area contributed by atoms with Crippen LogP contribution < -0.4 is 9.64 Å². The maximum atomic E-state index is 15.0. The van der Waals surface area contributed by atoms with Crippen molar-refractivity contribution in [1.82, 2.24) is 19.9 Å². The number of hydrogen-bond acceptors (Lipinski definition) is 8. The smallest absolute Gasteiger partial charge is 0.319 e. The van der Waals surface area contributed by atoms with Gasteiger partial charge in [-0.2, -0.15) is 9.97 Å². The van der Waals surface area contributed by atoms with Crippen molar-refractivity contribution in [2.24, 2.45) is 0 Å². The number of pyridine rings is 1. The molecule has 0 aliphatic carbocycles. The van der Waals surface area contributed by atoms with Crippen LogP contribution in [0, 0.1) is 12.7 Å². The fraction of sp³-hybridized carbons (Fsp3) is 0.514. The summed E-state index contributed by atoms with van der Waals surface area (Å²) in [4.78, 5) is 19.4. The highest BCUT2D eigenvalue weighted by Gasteiger charge is 2.49. The molecule has 0 unspecified atom stereocenters. The van der Waals surface area contributed by atoms with Crippen molar-refractivity contribution in [2.45, 2.75) is 76.1 Å². The average Bonchev–Trinajstić information content (AvgIpc) is 3.55. The molecule has 2 aromatic heterocycles. The Kier molecular flexibility index (Phi) is 6.87. The van der Waals surface area contributed by atoms with Crippen LogP contribution in [0.1, 0.15) is 56.6 Å². The maximum Gasteiger partial charge on any atom is 0.319 e. The normalized spacial score (nSPS) is 26.6. The van der Waals surface area contributed by atoms with Gasteiger partial charge in [-0.1, -0.05) is 13.0 Å². The number of benzene rings is 2. The lowest BCUT2D eigenvalue weighted by atomic mass is 9.86. The zero-order chi connectivity index (χ0) is 30.9. The molecule has 4 fully saturated rings. The van der Waals surface area contributed by atoms with Gasteiger partial charge in [0.05, 0.1) is 34.3 Å². The highest BCUT2D eigenvalue weighted by atomic mass is 19.1. The molecule has 4 aliphatic rings. The number of alkyl halides is 1. The predicted octanol–water partition coefficient (Wildman–Crippen LogP) is 6.28. The molecule has 8 nitrogen and oxygen atoms in total. The highest BCUT2D eigenvalue weighted by molar-refractivity contribution is 6.03. The molecule has 8 rings (SSSR count). The minimum Gasteiger partial charge on any atom is -0.508 e. The number of aromatic hydroxyl groups is 1. The Morgan fingerprint density at radius 1 is 1.13 bits per heavy atom. The Hall–Kier alpha value is -3.63. The van der Waals surface area contributed by atoms with Crippen molar-refractivity contribution < 1.29 is 23.4 Å². The summed E-state index contributed by atoms with van der Waals surface area (Å²) < 4.78 is 42.1. The Labute approximate surface area is 261 Å². The van der Waals surface area contributed by atoms with Crippen LogP contribution in [0.4, 0.5) is 14.6 Å². The van der Waals surface area contributed by atoms with Gasteiger partial charge >= 0.3 is 6.01 Å². The van der Waals surface area contributed by atoms with Crippen LogP contribution in [0.15, 0.2) is 30.5 Å². The Bertz CT molecular complexity index is 1810. The number of nitrogens with zero attached hydrogens (tertiary/aromatic N) is 5. The molecule has 4 aliphatic heterocycles. The Morgan fingerprint density at radius 3 is 2.78 bits per heavy atom. The molecule has 4 aromatic rings. The van der Waals surface area contributed by atoms with Gasteiger partial charge in [-0.3, -0.25) is 9.88 Å². The van der Waals surface area contributed by atoms with Crippen molar-refractivity contribution in [1.29, 1.82) is 0 Å². The third kappa shape index (κ3) is 4.71. The second-order valence-electron chi connectivity index (χ2n) is 13.5. The Morgan fingerprint density at radius 2 is 1.98 bits per heavy atom. The lowest BCUT2D eigenvalue weighted by Crippen LogP contribution is -2.56. The van der Waals surface area contributed by atoms with E-state index in [-0.39, 0.29) is 28.7 Å². The van der Waals surface area contributed by atoms with Crippen LogP contribution in [0.5, 0.6) is 11.8 Å². The molecule has 0 saturated carbocycles. The SMILES string of the molecule is CCc1c(F)ccc2cc(O)cc(-c3ncc4c(N5CCC[C@@]6(CCO6)C5)nc(OC[C@@]56CCCN5C[C@H](F)C6)nc4c3C)c12. The standard InChI is InChI=1S/C35H39F2N5O3/c1-3-25-28(37)7-6-22-14-24(43)15-26(29(22)25)30-21(2)31-27(17-38-30)32(41-11-5-9-35(19-41)10-13-45-35)40-33(39-31)44-20-34-8-4-12-42(34)18-23(36)16-34/h6-7,14-15,17,23,43H,3-5,8-13,16,18-20H2,1-2H3/t23-,34+,35-/m1/s1. The van der Waals surface area contributed by atoms with Crippen LogP contribution in [0.25, 0.3) is 32.9 Å². The summed E-state index contributed by atoms with van der Waals surface area (Å²) >= 11 is 0. The second kappa shape index (κ2) is 10.7. The molecule has 1 N–H and O–H groups in total. The lowest BCUT2D eigenvalue weighted by Gasteiger charge is -2.48. The van der Waals surface area contributed by atoms with Crippen molar-refractivity contribution in [2.75, 3.05) is 44.3 Å². The average molecular weight is 616 g/mol. The highest BCUT2D eigenvalue weighted by Crippen LogP contribution is 2.43. The zero-order valence-electron chi connectivity index (χ0n) is 25.9. The van der Waals surface area contributed by atoms with E-state index in [9.17, 15) is 9.50 Å². The Balaban J connectivity index is 1.27. The third-order valence-corrected chi connectivity index (χ3v) is 10.7. The summed E-state index contributed by atoms with van der Waals surface area (Å²) in [6.45, 7) is 7.90. The van der Waals surface area contributed by atoms with Crippen LogP contribution in [-0.2, 0) is 11.2 Å². The van der Waals surface area contributed by atoms with Gasteiger partial charge in [-0.05, 0) is 80.1 Å². The van der Waals surface area contributed by atoms with Gasteiger partial charge in [0, 0.05) is 49.8 Å².